The van der Waals surface area contributed by atoms with Gasteiger partial charge in [0.05, 0.1) is 6.61 Å². The van der Waals surface area contributed by atoms with E-state index in [1.807, 2.05) is 6.92 Å². The molecule has 1 aliphatic heterocycles. The average Bonchev–Trinajstić information content (AvgIpc) is 2.94. The van der Waals surface area contributed by atoms with Gasteiger partial charge in [0, 0.05) is 19.5 Å². The number of unbranched alkanes of at least 4 members (excludes halogenated alkanes) is 5. The van der Waals surface area contributed by atoms with E-state index in [9.17, 15) is 14.4 Å². The second kappa shape index (κ2) is 11.9. The van der Waals surface area contributed by atoms with Crippen molar-refractivity contribution in [2.45, 2.75) is 77.7 Å². The van der Waals surface area contributed by atoms with E-state index in [1.165, 1.54) is 25.7 Å². The molecule has 0 spiro atoms. The van der Waals surface area contributed by atoms with Gasteiger partial charge in [-0.2, -0.15) is 0 Å². The number of rotatable bonds is 12. The summed E-state index contributed by atoms with van der Waals surface area (Å²) in [5.41, 5.74) is 0. The number of cyclic esters (lactones) is 1. The number of carbonyl (C=O) groups is 3. The Kier molecular flexibility index (Phi) is 10.1. The lowest BCUT2D eigenvalue weighted by atomic mass is 10.1. The molecule has 6 nitrogen and oxygen atoms in total. The molecule has 0 aliphatic carbocycles. The first kappa shape index (κ1) is 20.5. The lowest BCUT2D eigenvalue weighted by Gasteiger charge is -2.22. The smallest absolute Gasteiger partial charge is 0.328 e. The molecule has 0 unspecified atom stereocenters. The van der Waals surface area contributed by atoms with Crippen LogP contribution in [0.5, 0.6) is 0 Å². The number of nitrogens with one attached hydrogen (secondary N) is 1. The van der Waals surface area contributed by atoms with Crippen molar-refractivity contribution in [2.75, 3.05) is 19.7 Å². The van der Waals surface area contributed by atoms with Crippen LogP contribution in [0.3, 0.4) is 0 Å². The van der Waals surface area contributed by atoms with Crippen molar-refractivity contribution in [1.82, 2.24) is 10.2 Å². The minimum Gasteiger partial charge on any atom is -0.464 e. The Labute approximate surface area is 145 Å². The van der Waals surface area contributed by atoms with Gasteiger partial charge in [0.15, 0.2) is 0 Å². The molecule has 1 saturated heterocycles. The second-order valence-electron chi connectivity index (χ2n) is 6.40. The molecule has 0 radical (unpaired) electrons. The molecule has 138 valence electrons. The first-order valence-corrected chi connectivity index (χ1v) is 9.32. The number of hydrogen-bond acceptors (Lipinski definition) is 4. The fourth-order valence-corrected chi connectivity index (χ4v) is 2.84. The lowest BCUT2D eigenvalue weighted by Crippen LogP contribution is -2.42. The van der Waals surface area contributed by atoms with Crippen molar-refractivity contribution in [1.29, 1.82) is 0 Å². The Bertz CT molecular complexity index is 412. The molecule has 24 heavy (non-hydrogen) atoms. The summed E-state index contributed by atoms with van der Waals surface area (Å²) in [5.74, 6) is -0.963. The summed E-state index contributed by atoms with van der Waals surface area (Å²) in [4.78, 5) is 37.4. The summed E-state index contributed by atoms with van der Waals surface area (Å²) >= 11 is 0. The zero-order chi connectivity index (χ0) is 17.8. The van der Waals surface area contributed by atoms with Crippen LogP contribution in [0.25, 0.3) is 0 Å². The fourth-order valence-electron chi connectivity index (χ4n) is 2.84. The van der Waals surface area contributed by atoms with Crippen LogP contribution in [0.1, 0.15) is 71.6 Å². The maximum Gasteiger partial charge on any atom is 0.328 e. The van der Waals surface area contributed by atoms with Gasteiger partial charge in [-0.1, -0.05) is 46.0 Å². The zero-order valence-corrected chi connectivity index (χ0v) is 15.1. The van der Waals surface area contributed by atoms with E-state index in [1.54, 1.807) is 4.90 Å². The van der Waals surface area contributed by atoms with Gasteiger partial charge in [-0.05, 0) is 12.8 Å². The molecule has 1 aliphatic rings. The van der Waals surface area contributed by atoms with Crippen molar-refractivity contribution in [3.63, 3.8) is 0 Å². The molecule has 1 N–H and O–H groups in total. The maximum absolute atomic E-state index is 12.3. The SMILES string of the molecule is CCCCCCCCN(CCC)C(=O)CC(=O)N[C@H]1CCOC1=O. The molecule has 0 aromatic carbocycles. The first-order chi connectivity index (χ1) is 11.6. The fraction of sp³-hybridized carbons (Fsp3) is 0.833. The molecule has 0 bridgehead atoms. The van der Waals surface area contributed by atoms with E-state index in [2.05, 4.69) is 12.2 Å². The van der Waals surface area contributed by atoms with Gasteiger partial charge >= 0.3 is 5.97 Å². The predicted octanol–water partition coefficient (Wildman–Crippen LogP) is 2.41. The second-order valence-corrected chi connectivity index (χ2v) is 6.40. The molecule has 1 heterocycles. The van der Waals surface area contributed by atoms with Crippen molar-refractivity contribution in [3.05, 3.63) is 0 Å². The molecular weight excluding hydrogens is 308 g/mol. The third-order valence-electron chi connectivity index (χ3n) is 4.21. The molecule has 0 saturated carbocycles. The Hall–Kier alpha value is -1.59. The van der Waals surface area contributed by atoms with Gasteiger partial charge in [-0.15, -0.1) is 0 Å². The number of amides is 2. The summed E-state index contributed by atoms with van der Waals surface area (Å²) < 4.78 is 4.80. The maximum atomic E-state index is 12.3. The third kappa shape index (κ3) is 7.79. The molecule has 1 rings (SSSR count). The van der Waals surface area contributed by atoms with Crippen LogP contribution in [-0.4, -0.2) is 48.4 Å². The largest absolute Gasteiger partial charge is 0.464 e. The van der Waals surface area contributed by atoms with E-state index in [4.69, 9.17) is 4.74 Å². The highest BCUT2D eigenvalue weighted by atomic mass is 16.5. The predicted molar refractivity (Wildman–Crippen MR) is 92.4 cm³/mol. The molecule has 0 aromatic rings. The van der Waals surface area contributed by atoms with Gasteiger partial charge in [0.2, 0.25) is 11.8 Å². The summed E-state index contributed by atoms with van der Waals surface area (Å²) in [6, 6.07) is -0.594. The van der Waals surface area contributed by atoms with Crippen LogP contribution < -0.4 is 5.32 Å². The van der Waals surface area contributed by atoms with Gasteiger partial charge in [-0.25, -0.2) is 4.79 Å². The monoisotopic (exact) mass is 340 g/mol. The van der Waals surface area contributed by atoms with Gasteiger partial charge < -0.3 is 15.0 Å². The van der Waals surface area contributed by atoms with Crippen LogP contribution >= 0.6 is 0 Å². The molecule has 0 aromatic heterocycles. The van der Waals surface area contributed by atoms with Crippen LogP contribution in [-0.2, 0) is 19.1 Å². The van der Waals surface area contributed by atoms with Crippen molar-refractivity contribution in [2.24, 2.45) is 0 Å². The number of esters is 1. The number of ether oxygens (including phenoxy) is 1. The molecule has 2 amide bonds. The van der Waals surface area contributed by atoms with Crippen molar-refractivity contribution in [3.8, 4) is 0 Å². The number of carbonyl (C=O) groups excluding carboxylic acids is 3. The average molecular weight is 340 g/mol. The van der Waals surface area contributed by atoms with E-state index in [-0.39, 0.29) is 12.3 Å². The van der Waals surface area contributed by atoms with Crippen molar-refractivity contribution < 1.29 is 19.1 Å². The highest BCUT2D eigenvalue weighted by Crippen LogP contribution is 2.09. The van der Waals surface area contributed by atoms with Crippen molar-refractivity contribution >= 4 is 17.8 Å². The minimum atomic E-state index is -0.594. The van der Waals surface area contributed by atoms with Crippen LogP contribution in [0.4, 0.5) is 0 Å². The van der Waals surface area contributed by atoms with Crippen LogP contribution in [0.2, 0.25) is 0 Å². The molecule has 6 heteroatoms. The standard InChI is InChI=1S/C18H32N2O4/c1-3-5-6-7-8-9-12-20(11-4-2)17(22)14-16(21)19-15-10-13-24-18(15)23/h15H,3-14H2,1-2H3,(H,19,21)/t15-/m0/s1. The normalized spacial score (nSPS) is 16.8. The zero-order valence-electron chi connectivity index (χ0n) is 15.1. The molecule has 1 fully saturated rings. The van der Waals surface area contributed by atoms with E-state index < -0.39 is 17.9 Å². The first-order valence-electron chi connectivity index (χ1n) is 9.32. The number of hydrogen-bond donors (Lipinski definition) is 1. The van der Waals surface area contributed by atoms with E-state index in [0.717, 1.165) is 19.3 Å². The van der Waals surface area contributed by atoms with Gasteiger partial charge in [-0.3, -0.25) is 9.59 Å². The Morgan fingerprint density at radius 2 is 1.79 bits per heavy atom. The molecule has 1 atom stereocenters. The van der Waals surface area contributed by atoms with E-state index in [0.29, 0.717) is 26.1 Å². The molecular formula is C18H32N2O4. The van der Waals surface area contributed by atoms with Crippen LogP contribution in [0.15, 0.2) is 0 Å². The summed E-state index contributed by atoms with van der Waals surface area (Å²) in [7, 11) is 0. The summed E-state index contributed by atoms with van der Waals surface area (Å²) in [6.45, 7) is 5.93. The van der Waals surface area contributed by atoms with Gasteiger partial charge in [0.1, 0.15) is 12.5 Å². The third-order valence-corrected chi connectivity index (χ3v) is 4.21. The van der Waals surface area contributed by atoms with Gasteiger partial charge in [0.25, 0.3) is 0 Å². The topological polar surface area (TPSA) is 75.7 Å². The Morgan fingerprint density at radius 1 is 1.08 bits per heavy atom. The lowest BCUT2D eigenvalue weighted by molar-refractivity contribution is -0.143. The number of nitrogens with zero attached hydrogens (tertiary/aromatic N) is 1. The van der Waals surface area contributed by atoms with Crippen LogP contribution in [0, 0.1) is 0 Å². The highest BCUT2D eigenvalue weighted by Gasteiger charge is 2.28. The summed E-state index contributed by atoms with van der Waals surface area (Å²) in [5, 5.41) is 2.59. The summed E-state index contributed by atoms with van der Waals surface area (Å²) in [6.07, 6.45) is 8.20. The minimum absolute atomic E-state index is 0.158. The quantitative estimate of drug-likeness (QED) is 0.336. The Balaban J connectivity index is 2.30. The Morgan fingerprint density at radius 3 is 2.42 bits per heavy atom. The highest BCUT2D eigenvalue weighted by molar-refractivity contribution is 5.98. The van der Waals surface area contributed by atoms with E-state index >= 15 is 0 Å².